The summed E-state index contributed by atoms with van der Waals surface area (Å²) in [6.45, 7) is 10.3. The lowest BCUT2D eigenvalue weighted by Gasteiger charge is -2.36. The molecule has 0 aromatic rings. The fraction of sp³-hybridized carbons (Fsp3) is 0.833. The van der Waals surface area contributed by atoms with Gasteiger partial charge in [-0.05, 0) is 29.6 Å². The summed E-state index contributed by atoms with van der Waals surface area (Å²) in [5, 5.41) is 12.5. The molecule has 1 heterocycles. The minimum atomic E-state index is -0.942. The van der Waals surface area contributed by atoms with E-state index in [2.05, 4.69) is 19.2 Å². The normalized spacial score (nSPS) is 32.0. The van der Waals surface area contributed by atoms with Gasteiger partial charge < -0.3 is 15.3 Å². The number of amides is 2. The van der Waals surface area contributed by atoms with Gasteiger partial charge >= 0.3 is 5.97 Å². The Morgan fingerprint density at radius 2 is 1.79 bits per heavy atom. The summed E-state index contributed by atoms with van der Waals surface area (Å²) in [5.74, 6) is -1.01. The van der Waals surface area contributed by atoms with Crippen LogP contribution in [0.5, 0.6) is 0 Å². The number of nitrogens with zero attached hydrogens (tertiary/aromatic N) is 1. The number of carboxylic acid groups (broad SMARTS) is 1. The first-order chi connectivity index (χ1) is 11.0. The van der Waals surface area contributed by atoms with Gasteiger partial charge in [0.1, 0.15) is 12.1 Å². The van der Waals surface area contributed by atoms with Crippen LogP contribution in [-0.4, -0.2) is 46.4 Å². The molecule has 2 saturated carbocycles. The molecule has 1 unspecified atom stereocenters. The van der Waals surface area contributed by atoms with Crippen LogP contribution in [0.25, 0.3) is 0 Å². The number of carboxylic acids is 1. The van der Waals surface area contributed by atoms with Gasteiger partial charge in [-0.15, -0.1) is 0 Å². The standard InChI is InChI=1S/C18H28N2O4/c1-17(2,3)13(19-14(21)9-6-7-9)15(22)20-8-10-11(18(10,4)5)12(20)16(23)24/h9-13H,6-8H2,1-5H3,(H,19,21)(H,23,24)/t10-,11-,12-,13?/m0/s1. The molecule has 6 nitrogen and oxygen atoms in total. The van der Waals surface area contributed by atoms with Gasteiger partial charge in [0.25, 0.3) is 0 Å². The first kappa shape index (κ1) is 17.2. The third-order valence-corrected chi connectivity index (χ3v) is 6.09. The molecule has 0 aromatic carbocycles. The molecule has 24 heavy (non-hydrogen) atoms. The average molecular weight is 336 g/mol. The number of likely N-dealkylation sites (tertiary alicyclic amines) is 1. The van der Waals surface area contributed by atoms with Crippen molar-refractivity contribution in [3.05, 3.63) is 0 Å². The van der Waals surface area contributed by atoms with E-state index in [0.29, 0.717) is 6.54 Å². The molecular weight excluding hydrogens is 308 g/mol. The van der Waals surface area contributed by atoms with Crippen molar-refractivity contribution in [3.8, 4) is 0 Å². The number of nitrogens with one attached hydrogen (secondary N) is 1. The fourth-order valence-corrected chi connectivity index (χ4v) is 4.22. The van der Waals surface area contributed by atoms with Crippen LogP contribution in [-0.2, 0) is 14.4 Å². The van der Waals surface area contributed by atoms with E-state index in [-0.39, 0.29) is 35.0 Å². The molecule has 0 radical (unpaired) electrons. The molecule has 0 aromatic heterocycles. The number of carbonyl (C=O) groups is 3. The summed E-state index contributed by atoms with van der Waals surface area (Å²) in [6, 6.07) is -1.46. The number of fused-ring (bicyclic) bond motifs is 1. The van der Waals surface area contributed by atoms with Crippen LogP contribution in [0.4, 0.5) is 0 Å². The number of piperidine rings is 1. The number of hydrogen-bond donors (Lipinski definition) is 2. The third kappa shape index (κ3) is 2.70. The molecule has 3 aliphatic rings. The third-order valence-electron chi connectivity index (χ3n) is 6.09. The summed E-state index contributed by atoms with van der Waals surface area (Å²) in [6.07, 6.45) is 1.74. The van der Waals surface area contributed by atoms with E-state index in [1.165, 1.54) is 4.90 Å². The highest BCUT2D eigenvalue weighted by atomic mass is 16.4. The summed E-state index contributed by atoms with van der Waals surface area (Å²) >= 11 is 0. The van der Waals surface area contributed by atoms with Crippen molar-refractivity contribution in [1.29, 1.82) is 0 Å². The molecule has 2 N–H and O–H groups in total. The molecule has 134 valence electrons. The Balaban J connectivity index is 1.79. The highest BCUT2D eigenvalue weighted by Crippen LogP contribution is 2.65. The lowest BCUT2D eigenvalue weighted by molar-refractivity contribution is -0.152. The van der Waals surface area contributed by atoms with Crippen LogP contribution < -0.4 is 5.32 Å². The van der Waals surface area contributed by atoms with Crippen LogP contribution in [0.1, 0.15) is 47.5 Å². The van der Waals surface area contributed by atoms with Crippen LogP contribution in [0.2, 0.25) is 0 Å². The van der Waals surface area contributed by atoms with Crippen LogP contribution in [0.15, 0.2) is 0 Å². The smallest absolute Gasteiger partial charge is 0.326 e. The molecule has 2 aliphatic carbocycles. The Hall–Kier alpha value is -1.59. The Bertz CT molecular complexity index is 588. The number of carbonyl (C=O) groups excluding carboxylic acids is 2. The van der Waals surface area contributed by atoms with Gasteiger partial charge in [-0.2, -0.15) is 0 Å². The second kappa shape index (κ2) is 5.20. The maximum absolute atomic E-state index is 13.1. The zero-order chi connectivity index (χ0) is 18.0. The summed E-state index contributed by atoms with van der Waals surface area (Å²) in [4.78, 5) is 38.6. The molecule has 4 atom stereocenters. The van der Waals surface area contributed by atoms with Gasteiger partial charge in [0.15, 0.2) is 0 Å². The van der Waals surface area contributed by atoms with Crippen molar-refractivity contribution in [3.63, 3.8) is 0 Å². The van der Waals surface area contributed by atoms with Gasteiger partial charge in [-0.1, -0.05) is 34.6 Å². The Morgan fingerprint density at radius 3 is 2.25 bits per heavy atom. The molecule has 6 heteroatoms. The lowest BCUT2D eigenvalue weighted by atomic mass is 9.85. The SMILES string of the molecule is CC(C)(C)C(NC(=O)C1CC1)C(=O)N1C[C@H]2[C@@H]([C@H]1C(=O)O)C2(C)C. The largest absolute Gasteiger partial charge is 0.480 e. The zero-order valence-electron chi connectivity index (χ0n) is 15.1. The van der Waals surface area contributed by atoms with Gasteiger partial charge in [-0.3, -0.25) is 9.59 Å². The maximum Gasteiger partial charge on any atom is 0.326 e. The monoisotopic (exact) mass is 336 g/mol. The van der Waals surface area contributed by atoms with Gasteiger partial charge in [-0.25, -0.2) is 4.79 Å². The molecular formula is C18H28N2O4. The van der Waals surface area contributed by atoms with Gasteiger partial charge in [0.05, 0.1) is 0 Å². The van der Waals surface area contributed by atoms with E-state index in [1.807, 2.05) is 20.8 Å². The van der Waals surface area contributed by atoms with Crippen molar-refractivity contribution in [2.24, 2.45) is 28.6 Å². The van der Waals surface area contributed by atoms with E-state index >= 15 is 0 Å². The first-order valence-corrected chi connectivity index (χ1v) is 8.80. The molecule has 3 fully saturated rings. The molecule has 0 bridgehead atoms. The molecule has 2 amide bonds. The summed E-state index contributed by atoms with van der Waals surface area (Å²) in [7, 11) is 0. The second-order valence-electron chi connectivity index (χ2n) is 9.31. The van der Waals surface area contributed by atoms with Crippen LogP contribution in [0.3, 0.4) is 0 Å². The molecule has 0 spiro atoms. The van der Waals surface area contributed by atoms with Crippen molar-refractivity contribution in [1.82, 2.24) is 10.2 Å². The van der Waals surface area contributed by atoms with E-state index in [4.69, 9.17) is 0 Å². The summed E-state index contributed by atoms with van der Waals surface area (Å²) < 4.78 is 0. The van der Waals surface area contributed by atoms with E-state index < -0.39 is 23.5 Å². The highest BCUT2D eigenvalue weighted by Gasteiger charge is 2.70. The van der Waals surface area contributed by atoms with E-state index in [1.54, 1.807) is 0 Å². The van der Waals surface area contributed by atoms with Crippen molar-refractivity contribution < 1.29 is 19.5 Å². The highest BCUT2D eigenvalue weighted by molar-refractivity contribution is 5.93. The summed E-state index contributed by atoms with van der Waals surface area (Å²) in [5.41, 5.74) is -0.485. The quantitative estimate of drug-likeness (QED) is 0.814. The van der Waals surface area contributed by atoms with Gasteiger partial charge in [0.2, 0.25) is 11.8 Å². The molecule has 1 aliphatic heterocycles. The Kier molecular flexibility index (Phi) is 3.74. The molecule has 3 rings (SSSR count). The fourth-order valence-electron chi connectivity index (χ4n) is 4.22. The van der Waals surface area contributed by atoms with Gasteiger partial charge in [0, 0.05) is 18.4 Å². The van der Waals surface area contributed by atoms with E-state index in [0.717, 1.165) is 12.8 Å². The minimum absolute atomic E-state index is 0.0127. The minimum Gasteiger partial charge on any atom is -0.480 e. The number of aliphatic carboxylic acids is 1. The van der Waals surface area contributed by atoms with E-state index in [9.17, 15) is 19.5 Å². The zero-order valence-corrected chi connectivity index (χ0v) is 15.1. The lowest BCUT2D eigenvalue weighted by Crippen LogP contribution is -2.58. The van der Waals surface area contributed by atoms with Crippen molar-refractivity contribution >= 4 is 17.8 Å². The Labute approximate surface area is 143 Å². The van der Waals surface area contributed by atoms with Crippen molar-refractivity contribution in [2.45, 2.75) is 59.5 Å². The average Bonchev–Trinajstić information content (AvgIpc) is 3.31. The van der Waals surface area contributed by atoms with Crippen LogP contribution >= 0.6 is 0 Å². The second-order valence-corrected chi connectivity index (χ2v) is 9.31. The number of hydrogen-bond acceptors (Lipinski definition) is 3. The topological polar surface area (TPSA) is 86.7 Å². The predicted octanol–water partition coefficient (Wildman–Crippen LogP) is 1.49. The maximum atomic E-state index is 13.1. The predicted molar refractivity (Wildman–Crippen MR) is 88.0 cm³/mol. The van der Waals surface area contributed by atoms with Crippen LogP contribution in [0, 0.1) is 28.6 Å². The van der Waals surface area contributed by atoms with Crippen molar-refractivity contribution in [2.75, 3.05) is 6.54 Å². The number of rotatable bonds is 4. The Morgan fingerprint density at radius 1 is 1.21 bits per heavy atom. The first-order valence-electron chi connectivity index (χ1n) is 8.80. The molecule has 1 saturated heterocycles.